The van der Waals surface area contributed by atoms with E-state index in [1.807, 2.05) is 0 Å². The van der Waals surface area contributed by atoms with E-state index in [9.17, 15) is 14.0 Å². The minimum Gasteiger partial charge on any atom is -0.462 e. The SMILES string of the molecule is CCOC(=O)c1cccc(NC(=O)c2cc(-c3ccc(F)cc3)oc2C)c1. The number of benzene rings is 2. The highest BCUT2D eigenvalue weighted by molar-refractivity contribution is 6.06. The first-order chi connectivity index (χ1) is 13.0. The predicted molar refractivity (Wildman–Crippen MR) is 99.2 cm³/mol. The zero-order chi connectivity index (χ0) is 19.4. The number of furan rings is 1. The second kappa shape index (κ2) is 7.86. The van der Waals surface area contributed by atoms with Crippen molar-refractivity contribution in [3.8, 4) is 11.3 Å². The Morgan fingerprint density at radius 2 is 1.85 bits per heavy atom. The fourth-order valence-electron chi connectivity index (χ4n) is 2.60. The number of ether oxygens (including phenoxy) is 1. The van der Waals surface area contributed by atoms with Gasteiger partial charge in [-0.15, -0.1) is 0 Å². The van der Waals surface area contributed by atoms with Crippen LogP contribution in [0.15, 0.2) is 59.0 Å². The van der Waals surface area contributed by atoms with E-state index in [1.54, 1.807) is 56.3 Å². The summed E-state index contributed by atoms with van der Waals surface area (Å²) in [6, 6.07) is 13.9. The Morgan fingerprint density at radius 3 is 2.56 bits per heavy atom. The average Bonchev–Trinajstić information content (AvgIpc) is 3.04. The number of rotatable bonds is 5. The van der Waals surface area contributed by atoms with E-state index < -0.39 is 5.97 Å². The maximum atomic E-state index is 13.1. The molecule has 27 heavy (non-hydrogen) atoms. The molecule has 0 unspecified atom stereocenters. The van der Waals surface area contributed by atoms with Gasteiger partial charge < -0.3 is 14.5 Å². The van der Waals surface area contributed by atoms with Crippen molar-refractivity contribution in [3.05, 3.63) is 77.3 Å². The molecule has 138 valence electrons. The van der Waals surface area contributed by atoms with Crippen LogP contribution in [-0.4, -0.2) is 18.5 Å². The van der Waals surface area contributed by atoms with Crippen LogP contribution in [-0.2, 0) is 4.74 Å². The van der Waals surface area contributed by atoms with Crippen molar-refractivity contribution in [1.29, 1.82) is 0 Å². The van der Waals surface area contributed by atoms with Crippen LogP contribution < -0.4 is 5.32 Å². The zero-order valence-electron chi connectivity index (χ0n) is 14.9. The second-order valence-corrected chi connectivity index (χ2v) is 5.84. The molecule has 0 saturated heterocycles. The third-order valence-electron chi connectivity index (χ3n) is 3.92. The Morgan fingerprint density at radius 1 is 1.11 bits per heavy atom. The van der Waals surface area contributed by atoms with Crippen LogP contribution >= 0.6 is 0 Å². The van der Waals surface area contributed by atoms with Gasteiger partial charge in [-0.3, -0.25) is 4.79 Å². The molecule has 0 saturated carbocycles. The summed E-state index contributed by atoms with van der Waals surface area (Å²) in [5, 5.41) is 2.74. The van der Waals surface area contributed by atoms with Crippen molar-refractivity contribution in [1.82, 2.24) is 0 Å². The molecule has 0 bridgehead atoms. The third kappa shape index (κ3) is 4.23. The van der Waals surface area contributed by atoms with Crippen molar-refractivity contribution in [3.63, 3.8) is 0 Å². The minimum atomic E-state index is -0.452. The molecule has 1 amide bonds. The first-order valence-electron chi connectivity index (χ1n) is 8.43. The van der Waals surface area contributed by atoms with Gasteiger partial charge in [-0.1, -0.05) is 6.07 Å². The van der Waals surface area contributed by atoms with E-state index in [-0.39, 0.29) is 18.3 Å². The molecule has 0 fully saturated rings. The molecule has 0 aliphatic rings. The minimum absolute atomic E-state index is 0.274. The van der Waals surface area contributed by atoms with Crippen molar-refractivity contribution >= 4 is 17.6 Å². The second-order valence-electron chi connectivity index (χ2n) is 5.84. The van der Waals surface area contributed by atoms with Gasteiger partial charge in [0.05, 0.1) is 17.7 Å². The van der Waals surface area contributed by atoms with Crippen molar-refractivity contribution < 1.29 is 23.1 Å². The quantitative estimate of drug-likeness (QED) is 0.656. The van der Waals surface area contributed by atoms with Crippen molar-refractivity contribution in [2.45, 2.75) is 13.8 Å². The van der Waals surface area contributed by atoms with Gasteiger partial charge in [0.25, 0.3) is 5.91 Å². The molecule has 6 heteroatoms. The summed E-state index contributed by atoms with van der Waals surface area (Å²) in [4.78, 5) is 24.4. The van der Waals surface area contributed by atoms with Crippen molar-refractivity contribution in [2.24, 2.45) is 0 Å². The highest BCUT2D eigenvalue weighted by Crippen LogP contribution is 2.26. The molecule has 3 aromatic rings. The lowest BCUT2D eigenvalue weighted by Crippen LogP contribution is -2.13. The molecule has 0 aliphatic carbocycles. The molecule has 1 aromatic heterocycles. The van der Waals surface area contributed by atoms with E-state index in [4.69, 9.17) is 9.15 Å². The first kappa shape index (κ1) is 18.4. The fraction of sp³-hybridized carbons (Fsp3) is 0.143. The molecule has 1 N–H and O–H groups in total. The van der Waals surface area contributed by atoms with Gasteiger partial charge in [-0.2, -0.15) is 0 Å². The Labute approximate surface area is 155 Å². The summed E-state index contributed by atoms with van der Waals surface area (Å²) in [6.45, 7) is 3.68. The van der Waals surface area contributed by atoms with E-state index in [0.717, 1.165) is 0 Å². The molecule has 0 spiro atoms. The predicted octanol–water partition coefficient (Wildman–Crippen LogP) is 4.82. The Balaban J connectivity index is 1.80. The van der Waals surface area contributed by atoms with E-state index in [2.05, 4.69) is 5.32 Å². The number of hydrogen-bond donors (Lipinski definition) is 1. The van der Waals surface area contributed by atoms with Gasteiger partial charge in [0.1, 0.15) is 17.3 Å². The van der Waals surface area contributed by atoms with Crippen LogP contribution in [0.1, 0.15) is 33.4 Å². The average molecular weight is 367 g/mol. The Hall–Kier alpha value is -3.41. The number of carbonyl (C=O) groups is 2. The van der Waals surface area contributed by atoms with Gasteiger partial charge in [0.2, 0.25) is 0 Å². The number of amides is 1. The van der Waals surface area contributed by atoms with Gasteiger partial charge in [0.15, 0.2) is 0 Å². The van der Waals surface area contributed by atoms with Crippen molar-refractivity contribution in [2.75, 3.05) is 11.9 Å². The number of esters is 1. The maximum absolute atomic E-state index is 13.1. The molecule has 0 aliphatic heterocycles. The lowest BCUT2D eigenvalue weighted by Gasteiger charge is -2.06. The summed E-state index contributed by atoms with van der Waals surface area (Å²) in [5.41, 5.74) is 1.85. The van der Waals surface area contributed by atoms with E-state index in [1.165, 1.54) is 12.1 Å². The molecule has 0 radical (unpaired) electrons. The Kier molecular flexibility index (Phi) is 5.35. The number of anilines is 1. The van der Waals surface area contributed by atoms with Crippen LogP contribution in [0.5, 0.6) is 0 Å². The van der Waals surface area contributed by atoms with E-state index >= 15 is 0 Å². The number of aryl methyl sites for hydroxylation is 1. The summed E-state index contributed by atoms with van der Waals surface area (Å²) >= 11 is 0. The topological polar surface area (TPSA) is 68.5 Å². The van der Waals surface area contributed by atoms with Gasteiger partial charge >= 0.3 is 5.97 Å². The smallest absolute Gasteiger partial charge is 0.338 e. The summed E-state index contributed by atoms with van der Waals surface area (Å²) in [5.74, 6) is -0.259. The van der Waals surface area contributed by atoms with Crippen LogP contribution in [0, 0.1) is 12.7 Å². The highest BCUT2D eigenvalue weighted by atomic mass is 19.1. The number of hydrogen-bond acceptors (Lipinski definition) is 4. The zero-order valence-corrected chi connectivity index (χ0v) is 14.9. The number of nitrogens with one attached hydrogen (secondary N) is 1. The van der Waals surface area contributed by atoms with Gasteiger partial charge in [0, 0.05) is 11.3 Å². The molecule has 3 rings (SSSR count). The third-order valence-corrected chi connectivity index (χ3v) is 3.92. The highest BCUT2D eigenvalue weighted by Gasteiger charge is 2.17. The maximum Gasteiger partial charge on any atom is 0.338 e. The first-order valence-corrected chi connectivity index (χ1v) is 8.43. The van der Waals surface area contributed by atoms with Crippen LogP contribution in [0.3, 0.4) is 0 Å². The van der Waals surface area contributed by atoms with Gasteiger partial charge in [-0.25, -0.2) is 9.18 Å². The lowest BCUT2D eigenvalue weighted by atomic mass is 10.1. The molecular weight excluding hydrogens is 349 g/mol. The summed E-state index contributed by atoms with van der Waals surface area (Å²) in [7, 11) is 0. The molecular formula is C21H18FNO4. The molecule has 5 nitrogen and oxygen atoms in total. The molecule has 2 aromatic carbocycles. The standard InChI is InChI=1S/C21H18FNO4/c1-3-26-21(25)15-5-4-6-17(11-15)23-20(24)18-12-19(27-13(18)2)14-7-9-16(22)10-8-14/h4-12H,3H2,1-2H3,(H,23,24). The Bertz CT molecular complexity index is 976. The molecule has 0 atom stereocenters. The van der Waals surface area contributed by atoms with Gasteiger partial charge in [-0.05, 0) is 62.4 Å². The lowest BCUT2D eigenvalue weighted by molar-refractivity contribution is 0.0526. The fourth-order valence-corrected chi connectivity index (χ4v) is 2.60. The largest absolute Gasteiger partial charge is 0.462 e. The van der Waals surface area contributed by atoms with E-state index in [0.29, 0.717) is 33.9 Å². The summed E-state index contributed by atoms with van der Waals surface area (Å²) < 4.78 is 23.7. The van der Waals surface area contributed by atoms with Crippen LogP contribution in [0.25, 0.3) is 11.3 Å². The normalized spacial score (nSPS) is 10.5. The number of carbonyl (C=O) groups excluding carboxylic acids is 2. The summed E-state index contributed by atoms with van der Waals surface area (Å²) in [6.07, 6.45) is 0. The van der Waals surface area contributed by atoms with Crippen LogP contribution in [0.2, 0.25) is 0 Å². The molecule has 1 heterocycles. The monoisotopic (exact) mass is 367 g/mol. The number of halogens is 1. The van der Waals surface area contributed by atoms with Crippen LogP contribution in [0.4, 0.5) is 10.1 Å².